The number of hydrogen-bond acceptors (Lipinski definition) is 5. The molecular formula is C52H32O5P2. The predicted octanol–water partition coefficient (Wildman–Crippen LogP) is 17.3. The molecule has 0 bridgehead atoms. The maximum absolute atomic E-state index is 6.99. The summed E-state index contributed by atoms with van der Waals surface area (Å²) in [5, 5.41) is 14.7. The van der Waals surface area contributed by atoms with E-state index in [9.17, 15) is 0 Å². The summed E-state index contributed by atoms with van der Waals surface area (Å²) >= 11 is 0. The predicted molar refractivity (Wildman–Crippen MR) is 245 cm³/mol. The highest BCUT2D eigenvalue weighted by Crippen LogP contribution is 2.53. The summed E-state index contributed by atoms with van der Waals surface area (Å²) in [6.07, 6.45) is 0. The van der Waals surface area contributed by atoms with Gasteiger partial charge in [-0.2, -0.15) is 0 Å². The molecule has 2 aromatic heterocycles. The highest BCUT2D eigenvalue weighted by molar-refractivity contribution is 7.46. The molecule has 0 saturated carbocycles. The maximum atomic E-state index is 6.99. The minimum absolute atomic E-state index is 0.625. The van der Waals surface area contributed by atoms with E-state index in [1.165, 1.54) is 0 Å². The van der Waals surface area contributed by atoms with Crippen LogP contribution in [0.3, 0.4) is 0 Å². The van der Waals surface area contributed by atoms with E-state index < -0.39 is 16.0 Å². The first-order valence-electron chi connectivity index (χ1n) is 19.5. The molecule has 0 fully saturated rings. The van der Waals surface area contributed by atoms with Crippen LogP contribution in [0, 0.1) is 0 Å². The van der Waals surface area contributed by atoms with E-state index in [2.05, 4.69) is 146 Å². The zero-order valence-electron chi connectivity index (χ0n) is 31.4. The van der Waals surface area contributed by atoms with Gasteiger partial charge in [0, 0.05) is 21.5 Å². The number of fused-ring (bicyclic) bond motifs is 14. The number of benzene rings is 10. The van der Waals surface area contributed by atoms with Gasteiger partial charge in [-0.1, -0.05) is 146 Å². The van der Waals surface area contributed by atoms with Crippen molar-refractivity contribution in [3.05, 3.63) is 194 Å². The number of rotatable bonds is 4. The summed E-state index contributed by atoms with van der Waals surface area (Å²) in [6, 6.07) is 66.5. The van der Waals surface area contributed by atoms with E-state index in [1.54, 1.807) is 0 Å². The average molecular weight is 799 g/mol. The fourth-order valence-corrected chi connectivity index (χ4v) is 11.2. The van der Waals surface area contributed by atoms with Crippen LogP contribution < -0.4 is 4.74 Å². The van der Waals surface area contributed by atoms with Crippen LogP contribution in [0.15, 0.2) is 211 Å². The molecule has 0 atom stereocenters. The van der Waals surface area contributed by atoms with Gasteiger partial charge in [-0.25, -0.2) is 0 Å². The Hall–Kier alpha value is -7.16. The fraction of sp³-hybridized carbons (Fsp3) is 0. The van der Waals surface area contributed by atoms with Crippen LogP contribution in [-0.2, 0) is 0 Å². The summed E-state index contributed by atoms with van der Waals surface area (Å²) in [7, 11) is -3.42. The molecule has 0 aliphatic heterocycles. The van der Waals surface area contributed by atoms with E-state index in [0.29, 0.717) is 11.5 Å². The molecule has 0 N–H and O–H groups in total. The van der Waals surface area contributed by atoms with Gasteiger partial charge in [0.2, 0.25) is 0 Å². The van der Waals surface area contributed by atoms with Gasteiger partial charge in [-0.15, -0.1) is 0 Å². The van der Waals surface area contributed by atoms with Crippen molar-refractivity contribution in [1.82, 2.24) is 0 Å². The largest absolute Gasteiger partial charge is 0.455 e. The second kappa shape index (κ2) is 13.7. The first-order chi connectivity index (χ1) is 29.2. The lowest BCUT2D eigenvalue weighted by molar-refractivity contribution is 0.487. The third-order valence-corrected chi connectivity index (χ3v) is 14.1. The summed E-state index contributed by atoms with van der Waals surface area (Å²) in [4.78, 5) is 0. The van der Waals surface area contributed by atoms with E-state index >= 15 is 0 Å². The molecule has 0 radical (unpaired) electrons. The molecule has 0 aliphatic carbocycles. The van der Waals surface area contributed by atoms with Gasteiger partial charge in [0.1, 0.15) is 44.4 Å². The summed E-state index contributed by atoms with van der Waals surface area (Å²) in [6.45, 7) is 0. The summed E-state index contributed by atoms with van der Waals surface area (Å²) in [5.41, 5.74) is 3.06. The summed E-state index contributed by atoms with van der Waals surface area (Å²) in [5.74, 6) is 1.25. The second-order valence-electron chi connectivity index (χ2n) is 14.6. The molecule has 7 heteroatoms. The topological polar surface area (TPSA) is 61.8 Å². The molecule has 0 amide bonds. The van der Waals surface area contributed by atoms with Gasteiger partial charge < -0.3 is 21.5 Å². The number of ether oxygens (including phenoxy) is 1. The normalized spacial score (nSPS) is 11.7. The molecule has 5 nitrogen and oxygen atoms in total. The van der Waals surface area contributed by atoms with Crippen LogP contribution >= 0.6 is 16.0 Å². The van der Waals surface area contributed by atoms with E-state index in [-0.39, 0.29) is 0 Å². The quantitative estimate of drug-likeness (QED) is 0.177. The van der Waals surface area contributed by atoms with Gasteiger partial charge in [-0.3, -0.25) is 0 Å². The first-order valence-corrected chi connectivity index (χ1v) is 21.9. The minimum atomic E-state index is -1.71. The Morgan fingerprint density at radius 1 is 0.271 bits per heavy atom. The lowest BCUT2D eigenvalue weighted by Crippen LogP contribution is -1.87. The number of hydrogen-bond donors (Lipinski definition) is 0. The molecular weight excluding hydrogens is 767 g/mol. The second-order valence-corrected chi connectivity index (χ2v) is 17.3. The molecule has 0 spiro atoms. The Kier molecular flexibility index (Phi) is 7.91. The van der Waals surface area contributed by atoms with Gasteiger partial charge in [0.15, 0.2) is 0 Å². The van der Waals surface area contributed by atoms with Gasteiger partial charge in [0.25, 0.3) is 16.0 Å². The Labute approximate surface area is 339 Å². The smallest absolute Gasteiger partial charge is 0.256 e. The minimum Gasteiger partial charge on any atom is -0.455 e. The zero-order valence-corrected chi connectivity index (χ0v) is 33.2. The molecule has 0 aliphatic rings. The van der Waals surface area contributed by atoms with Gasteiger partial charge in [-0.05, 0) is 91.6 Å². The highest BCUT2D eigenvalue weighted by Gasteiger charge is 2.20. The molecule has 12 rings (SSSR count). The van der Waals surface area contributed by atoms with Crippen molar-refractivity contribution in [2.24, 2.45) is 0 Å². The average Bonchev–Trinajstić information content (AvgIpc) is 3.58. The first kappa shape index (κ1) is 33.9. The molecule has 280 valence electrons. The molecule has 10 aromatic carbocycles. The van der Waals surface area contributed by atoms with E-state index in [1.807, 2.05) is 48.5 Å². The van der Waals surface area contributed by atoms with Crippen LogP contribution in [0.2, 0.25) is 0 Å². The van der Waals surface area contributed by atoms with Gasteiger partial charge >= 0.3 is 0 Å². The van der Waals surface area contributed by atoms with Crippen LogP contribution in [0.1, 0.15) is 0 Å². The van der Waals surface area contributed by atoms with Crippen LogP contribution in [0.5, 0.6) is 11.5 Å². The third kappa shape index (κ3) is 5.62. The molecule has 2 heterocycles. The Morgan fingerprint density at radius 3 is 0.864 bits per heavy atom. The third-order valence-electron chi connectivity index (χ3n) is 11.1. The zero-order chi connectivity index (χ0) is 38.9. The van der Waals surface area contributed by atoms with Crippen molar-refractivity contribution in [1.29, 1.82) is 0 Å². The Bertz CT molecular complexity index is 3300. The number of para-hydroxylation sites is 2. The van der Waals surface area contributed by atoms with Crippen molar-refractivity contribution in [2.75, 3.05) is 0 Å². The van der Waals surface area contributed by atoms with Crippen molar-refractivity contribution >= 4 is 103 Å². The van der Waals surface area contributed by atoms with Crippen molar-refractivity contribution < 1.29 is 21.5 Å². The SMILES string of the molecule is c1ccc(-p2oc3ccc4ccccc4c3c3c(ccc4ccccc43)o2)c(Oc2ccccc2-p2oc3ccc4ccccc4c3c3c(ccc4ccccc43)o2)c1. The van der Waals surface area contributed by atoms with Crippen molar-refractivity contribution in [3.8, 4) is 22.1 Å². The molecule has 12 aromatic rings. The lowest BCUT2D eigenvalue weighted by Gasteiger charge is -2.12. The van der Waals surface area contributed by atoms with Crippen molar-refractivity contribution in [2.45, 2.75) is 0 Å². The molecule has 0 unspecified atom stereocenters. The van der Waals surface area contributed by atoms with Crippen molar-refractivity contribution in [3.63, 3.8) is 0 Å². The Morgan fingerprint density at radius 2 is 0.542 bits per heavy atom. The van der Waals surface area contributed by atoms with Crippen LogP contribution in [0.25, 0.3) is 97.6 Å². The van der Waals surface area contributed by atoms with E-state index in [0.717, 1.165) is 97.6 Å². The fourth-order valence-electron chi connectivity index (χ4n) is 8.44. The standard InChI is InChI=1S/C52H32O5P2/c1-5-17-37-33(13-1)25-29-43-49(37)50-38-18-6-2-14-34(38)26-30-44(50)55-58(54-43)47-23-11-9-21-41(47)53-42-22-10-12-24-48(42)59-56-45-31-27-35-15-3-7-19-39(35)51(45)52-40-20-8-4-16-36(40)28-32-46(52)57-59/h1-32H. The monoisotopic (exact) mass is 798 g/mol. The highest BCUT2D eigenvalue weighted by atomic mass is 31.1. The van der Waals surface area contributed by atoms with Crippen LogP contribution in [-0.4, -0.2) is 0 Å². The van der Waals surface area contributed by atoms with Crippen LogP contribution in [0.4, 0.5) is 0 Å². The Balaban J connectivity index is 1.07. The van der Waals surface area contributed by atoms with Gasteiger partial charge in [0.05, 0.1) is 0 Å². The van der Waals surface area contributed by atoms with E-state index in [4.69, 9.17) is 21.5 Å². The lowest BCUT2D eigenvalue weighted by atomic mass is 9.99. The molecule has 59 heavy (non-hydrogen) atoms. The molecule has 0 saturated heterocycles. The maximum Gasteiger partial charge on any atom is 0.256 e. The summed E-state index contributed by atoms with van der Waals surface area (Å²) < 4.78 is 34.9.